The number of hydrazine groups is 1. The van der Waals surface area contributed by atoms with Crippen LogP contribution >= 0.6 is 12.2 Å². The molecule has 1 saturated heterocycles. The van der Waals surface area contributed by atoms with E-state index < -0.39 is 5.03 Å². The van der Waals surface area contributed by atoms with Crippen LogP contribution in [0.4, 0.5) is 11.4 Å². The van der Waals surface area contributed by atoms with Crippen molar-refractivity contribution in [3.63, 3.8) is 0 Å². The second-order valence-electron chi connectivity index (χ2n) is 4.44. The van der Waals surface area contributed by atoms with Gasteiger partial charge in [0.05, 0.1) is 13.2 Å². The molecule has 1 aliphatic rings. The van der Waals surface area contributed by atoms with Gasteiger partial charge in [0, 0.05) is 24.5 Å². The van der Waals surface area contributed by atoms with Gasteiger partial charge >= 0.3 is 0 Å². The number of ether oxygens (including phenoxy) is 1. The molecular formula is C12H16N6O3S. The van der Waals surface area contributed by atoms with Gasteiger partial charge in [0.25, 0.3) is 5.96 Å². The fraction of sp³-hybridized carbons (Fsp3) is 0.333. The second kappa shape index (κ2) is 7.52. The van der Waals surface area contributed by atoms with Crippen molar-refractivity contribution in [2.24, 2.45) is 10.7 Å². The van der Waals surface area contributed by atoms with E-state index in [1.807, 2.05) is 24.3 Å². The van der Waals surface area contributed by atoms with Gasteiger partial charge in [-0.2, -0.15) is 4.99 Å². The average Bonchev–Trinajstić information content (AvgIpc) is 2.47. The van der Waals surface area contributed by atoms with Crippen LogP contribution in [-0.4, -0.2) is 42.4 Å². The molecule has 118 valence electrons. The molecule has 0 saturated carbocycles. The van der Waals surface area contributed by atoms with E-state index in [2.05, 4.69) is 15.2 Å². The van der Waals surface area contributed by atoms with Crippen molar-refractivity contribution in [2.45, 2.75) is 0 Å². The summed E-state index contributed by atoms with van der Waals surface area (Å²) in [6.45, 7) is 3.17. The van der Waals surface area contributed by atoms with Crippen LogP contribution in [0.3, 0.4) is 0 Å². The molecule has 0 amide bonds. The molecule has 1 aliphatic heterocycles. The number of nitro groups is 1. The number of aliphatic imine (C=N–C) groups is 1. The van der Waals surface area contributed by atoms with Crippen molar-refractivity contribution in [1.82, 2.24) is 5.43 Å². The van der Waals surface area contributed by atoms with E-state index in [9.17, 15) is 10.1 Å². The third-order valence-electron chi connectivity index (χ3n) is 2.92. The number of nitrogens with zero attached hydrogens (tertiary/aromatic N) is 3. The van der Waals surface area contributed by atoms with E-state index in [1.54, 1.807) is 5.43 Å². The Balaban J connectivity index is 1.93. The molecule has 0 spiro atoms. The van der Waals surface area contributed by atoms with Crippen molar-refractivity contribution >= 4 is 34.7 Å². The molecule has 10 heteroatoms. The third kappa shape index (κ3) is 4.82. The molecule has 0 aromatic heterocycles. The number of morpholine rings is 1. The smallest absolute Gasteiger partial charge is 0.258 e. The molecule has 0 unspecified atom stereocenters. The second-order valence-corrected chi connectivity index (χ2v) is 4.83. The Morgan fingerprint density at radius 3 is 2.59 bits per heavy atom. The van der Waals surface area contributed by atoms with Gasteiger partial charge < -0.3 is 20.7 Å². The van der Waals surface area contributed by atoms with E-state index in [0.717, 1.165) is 37.7 Å². The van der Waals surface area contributed by atoms with Crippen LogP contribution in [-0.2, 0) is 4.74 Å². The Morgan fingerprint density at radius 1 is 1.36 bits per heavy atom. The summed E-state index contributed by atoms with van der Waals surface area (Å²) >= 11 is 4.95. The number of thiocarbonyl (C=S) groups is 1. The molecule has 1 aromatic carbocycles. The summed E-state index contributed by atoms with van der Waals surface area (Å²) in [5.41, 5.74) is 8.83. The highest BCUT2D eigenvalue weighted by Crippen LogP contribution is 2.19. The van der Waals surface area contributed by atoms with E-state index in [0.29, 0.717) is 0 Å². The minimum atomic E-state index is -0.807. The number of rotatable bonds is 3. The fourth-order valence-corrected chi connectivity index (χ4v) is 2.17. The maximum Gasteiger partial charge on any atom is 0.258 e. The Labute approximate surface area is 132 Å². The summed E-state index contributed by atoms with van der Waals surface area (Å²) in [6, 6.07) is 7.62. The molecule has 1 fully saturated rings. The van der Waals surface area contributed by atoms with Gasteiger partial charge in [0.1, 0.15) is 0 Å². The van der Waals surface area contributed by atoms with Gasteiger partial charge in [-0.3, -0.25) is 0 Å². The first kappa shape index (κ1) is 15.9. The molecule has 0 aliphatic carbocycles. The van der Waals surface area contributed by atoms with Crippen LogP contribution in [0.15, 0.2) is 29.3 Å². The van der Waals surface area contributed by atoms with E-state index >= 15 is 0 Å². The fourth-order valence-electron chi connectivity index (χ4n) is 1.96. The lowest BCUT2D eigenvalue weighted by Gasteiger charge is -2.28. The first-order chi connectivity index (χ1) is 10.5. The van der Waals surface area contributed by atoms with Gasteiger partial charge in [-0.1, -0.05) is 5.43 Å². The zero-order valence-electron chi connectivity index (χ0n) is 11.7. The molecular weight excluding hydrogens is 308 g/mol. The predicted molar refractivity (Wildman–Crippen MR) is 87.4 cm³/mol. The maximum atomic E-state index is 10.2. The topological polar surface area (TPSA) is 118 Å². The zero-order chi connectivity index (χ0) is 15.9. The lowest BCUT2D eigenvalue weighted by Crippen LogP contribution is -2.37. The first-order valence-corrected chi connectivity index (χ1v) is 6.94. The monoisotopic (exact) mass is 324 g/mol. The predicted octanol–water partition coefficient (Wildman–Crippen LogP) is 0.316. The average molecular weight is 324 g/mol. The SMILES string of the molecule is NC(=NC(=S)Nc1ccc(N2CCOCC2)cc1)N[N+](=O)[O-]. The molecule has 0 radical (unpaired) electrons. The maximum absolute atomic E-state index is 10.2. The normalized spacial score (nSPS) is 15.3. The summed E-state index contributed by atoms with van der Waals surface area (Å²) < 4.78 is 5.31. The molecule has 0 atom stereocenters. The van der Waals surface area contributed by atoms with Gasteiger partial charge in [-0.15, -0.1) is 0 Å². The van der Waals surface area contributed by atoms with Crippen LogP contribution in [0, 0.1) is 10.1 Å². The Bertz CT molecular complexity index is 571. The Hall–Kier alpha value is -2.46. The molecule has 2 rings (SSSR count). The molecule has 9 nitrogen and oxygen atoms in total. The van der Waals surface area contributed by atoms with Crippen molar-refractivity contribution in [2.75, 3.05) is 36.5 Å². The van der Waals surface area contributed by atoms with Crippen molar-refractivity contribution in [3.05, 3.63) is 34.4 Å². The number of hydrogen-bond acceptors (Lipinski definition) is 5. The first-order valence-electron chi connectivity index (χ1n) is 6.53. The van der Waals surface area contributed by atoms with Crippen LogP contribution in [0.25, 0.3) is 0 Å². The van der Waals surface area contributed by atoms with Gasteiger partial charge in [-0.05, 0) is 36.5 Å². The van der Waals surface area contributed by atoms with Crippen LogP contribution in [0.1, 0.15) is 0 Å². The van der Waals surface area contributed by atoms with Gasteiger partial charge in [0.2, 0.25) is 5.11 Å². The Morgan fingerprint density at radius 2 is 2.00 bits per heavy atom. The molecule has 4 N–H and O–H groups in total. The highest BCUT2D eigenvalue weighted by Gasteiger charge is 2.10. The van der Waals surface area contributed by atoms with E-state index in [1.165, 1.54) is 0 Å². The largest absolute Gasteiger partial charge is 0.378 e. The summed E-state index contributed by atoms with van der Waals surface area (Å²) in [5, 5.41) is 12.3. The lowest BCUT2D eigenvalue weighted by molar-refractivity contribution is -0.525. The van der Waals surface area contributed by atoms with Crippen molar-refractivity contribution in [1.29, 1.82) is 0 Å². The summed E-state index contributed by atoms with van der Waals surface area (Å²) in [6.07, 6.45) is 0. The summed E-state index contributed by atoms with van der Waals surface area (Å²) in [4.78, 5) is 16.1. The number of anilines is 2. The van der Waals surface area contributed by atoms with E-state index in [4.69, 9.17) is 22.7 Å². The number of benzene rings is 1. The molecule has 22 heavy (non-hydrogen) atoms. The van der Waals surface area contributed by atoms with Crippen molar-refractivity contribution < 1.29 is 9.77 Å². The minimum absolute atomic E-state index is 0.0333. The lowest BCUT2D eigenvalue weighted by atomic mass is 10.2. The summed E-state index contributed by atoms with van der Waals surface area (Å²) in [5.74, 6) is -0.382. The number of nitrogens with two attached hydrogens (primary N) is 1. The quantitative estimate of drug-likeness (QED) is 0.239. The molecule has 0 bridgehead atoms. The minimum Gasteiger partial charge on any atom is -0.378 e. The highest BCUT2D eigenvalue weighted by atomic mass is 32.1. The summed E-state index contributed by atoms with van der Waals surface area (Å²) in [7, 11) is 0. The molecule has 1 aromatic rings. The Kier molecular flexibility index (Phi) is 5.44. The van der Waals surface area contributed by atoms with E-state index in [-0.39, 0.29) is 11.1 Å². The van der Waals surface area contributed by atoms with Crippen molar-refractivity contribution in [3.8, 4) is 0 Å². The van der Waals surface area contributed by atoms with Crippen LogP contribution < -0.4 is 21.4 Å². The number of nitrogens with one attached hydrogen (secondary N) is 2. The van der Waals surface area contributed by atoms with Crippen LogP contribution in [0.2, 0.25) is 0 Å². The number of guanidine groups is 1. The number of hydrogen-bond donors (Lipinski definition) is 3. The van der Waals surface area contributed by atoms with Gasteiger partial charge in [-0.25, -0.2) is 10.1 Å². The highest BCUT2D eigenvalue weighted by molar-refractivity contribution is 7.80. The van der Waals surface area contributed by atoms with Crippen LogP contribution in [0.5, 0.6) is 0 Å². The zero-order valence-corrected chi connectivity index (χ0v) is 12.5. The molecule has 1 heterocycles. The third-order valence-corrected chi connectivity index (χ3v) is 3.12. The van der Waals surface area contributed by atoms with Gasteiger partial charge in [0.15, 0.2) is 5.03 Å². The standard InChI is InChI=1S/C12H16N6O3S/c13-11(16-18(19)20)15-12(22)14-9-1-3-10(4-2-9)17-5-7-21-8-6-17/h1-4H,5-8H2,(H4,13,14,15,16,22).